The van der Waals surface area contributed by atoms with E-state index < -0.39 is 10.0 Å². The van der Waals surface area contributed by atoms with Gasteiger partial charge in [-0.15, -0.1) is 0 Å². The lowest BCUT2D eigenvalue weighted by atomic mass is 10.2. The van der Waals surface area contributed by atoms with E-state index in [4.69, 9.17) is 4.74 Å². The zero-order valence-electron chi connectivity index (χ0n) is 15.0. The first-order valence-electron chi connectivity index (χ1n) is 8.89. The number of nitrogens with zero attached hydrogens (tertiary/aromatic N) is 4. The fraction of sp³-hybridized carbons (Fsp3) is 0.471. The van der Waals surface area contributed by atoms with Gasteiger partial charge in [-0.2, -0.15) is 8.42 Å². The Morgan fingerprint density at radius 3 is 2.78 bits per heavy atom. The van der Waals surface area contributed by atoms with Gasteiger partial charge in [0.1, 0.15) is 12.3 Å². The molecule has 0 saturated heterocycles. The number of carbonyl (C=O) groups is 1. The number of nitrogens with one attached hydrogen (secondary N) is 1. The van der Waals surface area contributed by atoms with E-state index in [1.165, 1.54) is 29.1 Å². The molecule has 1 saturated carbocycles. The van der Waals surface area contributed by atoms with Crippen LogP contribution < -0.4 is 14.4 Å². The average Bonchev–Trinajstić information content (AvgIpc) is 3.32. The Labute approximate surface area is 157 Å². The molecular formula is C17H21N5O4S. The summed E-state index contributed by atoms with van der Waals surface area (Å²) < 4.78 is 34.2. The number of hydrogen-bond acceptors (Lipinski definition) is 6. The topological polar surface area (TPSA) is 106 Å². The van der Waals surface area contributed by atoms with Gasteiger partial charge in [0.25, 0.3) is 15.9 Å². The number of fused-ring (bicyclic) bond motifs is 1. The highest BCUT2D eigenvalue weighted by atomic mass is 32.2. The van der Waals surface area contributed by atoms with E-state index in [9.17, 15) is 13.2 Å². The van der Waals surface area contributed by atoms with Gasteiger partial charge in [0.2, 0.25) is 5.88 Å². The number of aryl methyl sites for hydroxylation is 1. The molecule has 3 heterocycles. The second-order valence-electron chi connectivity index (χ2n) is 6.81. The molecule has 0 unspecified atom stereocenters. The zero-order valence-corrected chi connectivity index (χ0v) is 15.8. The monoisotopic (exact) mass is 391 g/mol. The zero-order chi connectivity index (χ0) is 19.0. The molecule has 27 heavy (non-hydrogen) atoms. The molecular weight excluding hydrogens is 370 g/mol. The molecule has 1 amide bonds. The second-order valence-corrected chi connectivity index (χ2v) is 8.62. The first-order chi connectivity index (χ1) is 12.9. The van der Waals surface area contributed by atoms with Gasteiger partial charge in [0, 0.05) is 25.5 Å². The summed E-state index contributed by atoms with van der Waals surface area (Å²) in [6, 6.07) is 1.69. The molecule has 4 rings (SSSR count). The van der Waals surface area contributed by atoms with Crippen LogP contribution in [0.15, 0.2) is 29.8 Å². The molecule has 1 fully saturated rings. The van der Waals surface area contributed by atoms with Crippen LogP contribution in [0.3, 0.4) is 0 Å². The van der Waals surface area contributed by atoms with Crippen molar-refractivity contribution in [2.75, 3.05) is 17.5 Å². The van der Waals surface area contributed by atoms with Crippen molar-refractivity contribution < 1.29 is 17.9 Å². The number of pyridine rings is 1. The highest BCUT2D eigenvalue weighted by Gasteiger charge is 2.33. The first kappa shape index (κ1) is 17.8. The molecule has 1 N–H and O–H groups in total. The number of anilines is 1. The number of sulfonamides is 1. The molecule has 1 aliphatic heterocycles. The van der Waals surface area contributed by atoms with Crippen LogP contribution in [0, 0.1) is 0 Å². The van der Waals surface area contributed by atoms with E-state index >= 15 is 0 Å². The molecule has 2 aromatic rings. The van der Waals surface area contributed by atoms with Crippen molar-refractivity contribution in [2.45, 2.75) is 36.8 Å². The predicted octanol–water partition coefficient (Wildman–Crippen LogP) is 1.08. The molecule has 2 aliphatic rings. The number of hydrogen-bond donors (Lipinski definition) is 1. The largest absolute Gasteiger partial charge is 0.474 e. The van der Waals surface area contributed by atoms with Crippen LogP contribution in [-0.2, 0) is 17.1 Å². The third kappa shape index (κ3) is 3.36. The Hall–Kier alpha value is -2.62. The van der Waals surface area contributed by atoms with Crippen molar-refractivity contribution in [3.8, 4) is 5.88 Å². The van der Waals surface area contributed by atoms with Crippen molar-refractivity contribution in [3.63, 3.8) is 0 Å². The maximum absolute atomic E-state index is 13.0. The maximum Gasteiger partial charge on any atom is 0.283 e. The van der Waals surface area contributed by atoms with Gasteiger partial charge in [-0.25, -0.2) is 9.97 Å². The quantitative estimate of drug-likeness (QED) is 0.836. The number of amides is 1. The van der Waals surface area contributed by atoms with Crippen molar-refractivity contribution in [3.05, 3.63) is 30.4 Å². The Kier molecular flexibility index (Phi) is 4.50. The van der Waals surface area contributed by atoms with Gasteiger partial charge in [-0.3, -0.25) is 9.10 Å². The smallest absolute Gasteiger partial charge is 0.283 e. The van der Waals surface area contributed by atoms with Crippen LogP contribution in [0.5, 0.6) is 5.88 Å². The summed E-state index contributed by atoms with van der Waals surface area (Å²) in [7, 11) is -2.17. The SMILES string of the molecule is Cn1cnc(S(=O)(=O)N2CCOc3ncc(C(=O)NC4CCCC4)cc32)c1. The minimum atomic E-state index is -3.87. The van der Waals surface area contributed by atoms with E-state index in [0.29, 0.717) is 5.56 Å². The summed E-state index contributed by atoms with van der Waals surface area (Å²) in [4.78, 5) is 20.7. The average molecular weight is 391 g/mol. The lowest BCUT2D eigenvalue weighted by Gasteiger charge is -2.29. The standard InChI is InChI=1S/C17H21N5O4S/c1-21-10-15(19-11-21)27(24,25)22-6-7-26-17-14(22)8-12(9-18-17)16(23)20-13-4-2-3-5-13/h8-11,13H,2-7H2,1H3,(H,20,23). The lowest BCUT2D eigenvalue weighted by Crippen LogP contribution is -2.39. The van der Waals surface area contributed by atoms with Crippen LogP contribution in [-0.4, -0.2) is 48.1 Å². The molecule has 10 heteroatoms. The van der Waals surface area contributed by atoms with Crippen LogP contribution >= 0.6 is 0 Å². The summed E-state index contributed by atoms with van der Waals surface area (Å²) in [6.45, 7) is 0.307. The molecule has 1 aliphatic carbocycles. The fourth-order valence-electron chi connectivity index (χ4n) is 3.42. The Bertz CT molecular complexity index is 965. The van der Waals surface area contributed by atoms with E-state index in [1.54, 1.807) is 11.6 Å². The van der Waals surface area contributed by atoms with Crippen LogP contribution in [0.1, 0.15) is 36.0 Å². The molecule has 0 spiro atoms. The van der Waals surface area contributed by atoms with Crippen molar-refractivity contribution in [1.82, 2.24) is 19.9 Å². The Morgan fingerprint density at radius 2 is 2.07 bits per heavy atom. The Morgan fingerprint density at radius 1 is 1.30 bits per heavy atom. The molecule has 0 bridgehead atoms. The van der Waals surface area contributed by atoms with Gasteiger partial charge in [0.05, 0.1) is 18.4 Å². The van der Waals surface area contributed by atoms with Crippen LogP contribution in [0.2, 0.25) is 0 Å². The number of imidazole rings is 1. The number of ether oxygens (including phenoxy) is 1. The van der Waals surface area contributed by atoms with E-state index in [2.05, 4.69) is 15.3 Å². The summed E-state index contributed by atoms with van der Waals surface area (Å²) in [5, 5.41) is 2.93. The molecule has 0 atom stereocenters. The van der Waals surface area contributed by atoms with Crippen molar-refractivity contribution in [2.24, 2.45) is 7.05 Å². The molecule has 144 valence electrons. The predicted molar refractivity (Wildman–Crippen MR) is 97.2 cm³/mol. The normalized spacial score (nSPS) is 17.4. The Balaban J connectivity index is 1.66. The van der Waals surface area contributed by atoms with Crippen LogP contribution in [0.25, 0.3) is 0 Å². The first-order valence-corrected chi connectivity index (χ1v) is 10.3. The third-order valence-electron chi connectivity index (χ3n) is 4.82. The number of carbonyl (C=O) groups excluding carboxylic acids is 1. The summed E-state index contributed by atoms with van der Waals surface area (Å²) >= 11 is 0. The summed E-state index contributed by atoms with van der Waals surface area (Å²) in [6.07, 6.45) is 8.43. The van der Waals surface area contributed by atoms with E-state index in [-0.39, 0.29) is 41.7 Å². The lowest BCUT2D eigenvalue weighted by molar-refractivity contribution is 0.0937. The van der Waals surface area contributed by atoms with Gasteiger partial charge in [0.15, 0.2) is 5.03 Å². The molecule has 9 nitrogen and oxygen atoms in total. The van der Waals surface area contributed by atoms with Crippen molar-refractivity contribution >= 4 is 21.6 Å². The summed E-state index contributed by atoms with van der Waals surface area (Å²) in [5.41, 5.74) is 0.568. The highest BCUT2D eigenvalue weighted by Crippen LogP contribution is 2.34. The molecule has 2 aromatic heterocycles. The van der Waals surface area contributed by atoms with Crippen molar-refractivity contribution in [1.29, 1.82) is 0 Å². The van der Waals surface area contributed by atoms with Gasteiger partial charge >= 0.3 is 0 Å². The van der Waals surface area contributed by atoms with Crippen LogP contribution in [0.4, 0.5) is 5.69 Å². The van der Waals surface area contributed by atoms with Gasteiger partial charge < -0.3 is 14.6 Å². The fourth-order valence-corrected chi connectivity index (χ4v) is 4.83. The van der Waals surface area contributed by atoms with E-state index in [0.717, 1.165) is 25.7 Å². The molecule has 0 aromatic carbocycles. The number of rotatable bonds is 4. The number of aromatic nitrogens is 3. The minimum Gasteiger partial charge on any atom is -0.474 e. The highest BCUT2D eigenvalue weighted by molar-refractivity contribution is 7.92. The van der Waals surface area contributed by atoms with Gasteiger partial charge in [-0.05, 0) is 18.9 Å². The second kappa shape index (κ2) is 6.84. The van der Waals surface area contributed by atoms with Gasteiger partial charge in [-0.1, -0.05) is 12.8 Å². The molecule has 0 radical (unpaired) electrons. The summed E-state index contributed by atoms with van der Waals surface area (Å²) in [5.74, 6) is -0.0591. The minimum absolute atomic E-state index is 0.0568. The van der Waals surface area contributed by atoms with E-state index in [1.807, 2.05) is 0 Å². The maximum atomic E-state index is 13.0. The third-order valence-corrected chi connectivity index (χ3v) is 6.52.